The summed E-state index contributed by atoms with van der Waals surface area (Å²) in [4.78, 5) is 2.34. The molecule has 3 rings (SSSR count). The molecule has 1 fully saturated rings. The molecule has 7 nitrogen and oxygen atoms in total. The second kappa shape index (κ2) is 8.00. The molecule has 1 atom stereocenters. The van der Waals surface area contributed by atoms with Gasteiger partial charge in [0.2, 0.25) is 10.0 Å². The Hall–Kier alpha value is -1.90. The van der Waals surface area contributed by atoms with Crippen LogP contribution in [0.2, 0.25) is 0 Å². The van der Waals surface area contributed by atoms with Gasteiger partial charge in [0, 0.05) is 26.2 Å². The van der Waals surface area contributed by atoms with Gasteiger partial charge in [0.15, 0.2) is 0 Å². The van der Waals surface area contributed by atoms with Gasteiger partial charge < -0.3 is 9.64 Å². The highest BCUT2D eigenvalue weighted by Crippen LogP contribution is 2.35. The first kappa shape index (κ1) is 19.9. The number of benzene rings is 1. The second-order valence-electron chi connectivity index (χ2n) is 7.23. The third-order valence-electron chi connectivity index (χ3n) is 4.92. The first-order valence-electron chi connectivity index (χ1n) is 9.16. The lowest BCUT2D eigenvalue weighted by Gasteiger charge is -2.33. The van der Waals surface area contributed by atoms with Gasteiger partial charge in [-0.3, -0.25) is 4.68 Å². The minimum Gasteiger partial charge on any atom is -0.497 e. The monoisotopic (exact) mass is 392 g/mol. The molecule has 0 saturated carbocycles. The molecule has 1 aromatic carbocycles. The Bertz CT molecular complexity index is 892. The Morgan fingerprint density at radius 2 is 2.04 bits per heavy atom. The normalized spacial score (nSPS) is 18.8. The first-order valence-corrected chi connectivity index (χ1v) is 10.6. The summed E-state index contributed by atoms with van der Waals surface area (Å²) in [7, 11) is 3.83. The highest BCUT2D eigenvalue weighted by atomic mass is 32.2. The average Bonchev–Trinajstić information content (AvgIpc) is 3.01. The number of piperidine rings is 1. The van der Waals surface area contributed by atoms with E-state index in [2.05, 4.69) is 10.00 Å². The molecule has 0 bridgehead atoms. The van der Waals surface area contributed by atoms with E-state index in [0.29, 0.717) is 12.3 Å². The zero-order chi connectivity index (χ0) is 19.6. The summed E-state index contributed by atoms with van der Waals surface area (Å²) >= 11 is 0. The molecular formula is C19H28N4O3S. The molecule has 0 N–H and O–H groups in total. The molecule has 0 amide bonds. The van der Waals surface area contributed by atoms with Crippen molar-refractivity contribution in [2.75, 3.05) is 27.7 Å². The van der Waals surface area contributed by atoms with Crippen LogP contribution in [0.1, 0.15) is 36.7 Å². The second-order valence-corrected chi connectivity index (χ2v) is 9.12. The summed E-state index contributed by atoms with van der Waals surface area (Å²) in [5.74, 6) is 0.538. The molecule has 27 heavy (non-hydrogen) atoms. The fourth-order valence-electron chi connectivity index (χ4n) is 3.55. The van der Waals surface area contributed by atoms with Crippen LogP contribution in [0.4, 0.5) is 0 Å². The number of rotatable bonds is 6. The van der Waals surface area contributed by atoms with Crippen molar-refractivity contribution in [3.63, 3.8) is 0 Å². The Kier molecular flexibility index (Phi) is 5.88. The highest BCUT2D eigenvalue weighted by molar-refractivity contribution is 7.89. The molecule has 0 radical (unpaired) electrons. The van der Waals surface area contributed by atoms with E-state index in [9.17, 15) is 8.42 Å². The van der Waals surface area contributed by atoms with Gasteiger partial charge in [0.05, 0.1) is 29.4 Å². The van der Waals surface area contributed by atoms with E-state index in [1.54, 1.807) is 28.6 Å². The number of nitrogens with zero attached hydrogens (tertiary/aromatic N) is 4. The Morgan fingerprint density at radius 3 is 2.74 bits per heavy atom. The van der Waals surface area contributed by atoms with Crippen LogP contribution in [0.25, 0.3) is 0 Å². The van der Waals surface area contributed by atoms with Crippen LogP contribution >= 0.6 is 0 Å². The van der Waals surface area contributed by atoms with Crippen molar-refractivity contribution in [2.24, 2.45) is 7.05 Å². The SMILES string of the molecule is COc1cccc(S(=O)(=O)N2CCCCC2c2cc(CN(C)C)n(C)n2)c1. The number of aromatic nitrogens is 2. The first-order chi connectivity index (χ1) is 12.8. The van der Waals surface area contributed by atoms with Crippen molar-refractivity contribution in [3.05, 3.63) is 41.7 Å². The highest BCUT2D eigenvalue weighted by Gasteiger charge is 2.36. The van der Waals surface area contributed by atoms with Gasteiger partial charge in [-0.1, -0.05) is 12.5 Å². The van der Waals surface area contributed by atoms with Crippen LogP contribution in [0.3, 0.4) is 0 Å². The summed E-state index contributed by atoms with van der Waals surface area (Å²) in [5, 5.41) is 4.64. The summed E-state index contributed by atoms with van der Waals surface area (Å²) in [6, 6.07) is 8.46. The topological polar surface area (TPSA) is 67.7 Å². The summed E-state index contributed by atoms with van der Waals surface area (Å²) in [5.41, 5.74) is 1.89. The van der Waals surface area contributed by atoms with Crippen LogP contribution in [-0.2, 0) is 23.6 Å². The predicted molar refractivity (Wildman–Crippen MR) is 104 cm³/mol. The van der Waals surface area contributed by atoms with E-state index in [-0.39, 0.29) is 10.9 Å². The maximum atomic E-state index is 13.3. The molecule has 1 aromatic heterocycles. The van der Waals surface area contributed by atoms with Gasteiger partial charge in [-0.15, -0.1) is 0 Å². The van der Waals surface area contributed by atoms with Crippen molar-refractivity contribution in [1.82, 2.24) is 19.0 Å². The zero-order valence-electron chi connectivity index (χ0n) is 16.4. The van der Waals surface area contributed by atoms with Crippen molar-refractivity contribution in [2.45, 2.75) is 36.7 Å². The van der Waals surface area contributed by atoms with Crippen LogP contribution in [-0.4, -0.2) is 55.2 Å². The molecule has 148 valence electrons. The Labute approximate surface area is 161 Å². The van der Waals surface area contributed by atoms with Crippen molar-refractivity contribution < 1.29 is 13.2 Å². The van der Waals surface area contributed by atoms with Gasteiger partial charge in [0.25, 0.3) is 0 Å². The number of ether oxygens (including phenoxy) is 1. The number of methoxy groups -OCH3 is 1. The Morgan fingerprint density at radius 1 is 1.26 bits per heavy atom. The van der Waals surface area contributed by atoms with E-state index in [1.807, 2.05) is 31.9 Å². The summed E-state index contributed by atoms with van der Waals surface area (Å²) in [6.45, 7) is 1.27. The third kappa shape index (κ3) is 4.17. The summed E-state index contributed by atoms with van der Waals surface area (Å²) in [6.07, 6.45) is 2.63. The minimum absolute atomic E-state index is 0.239. The average molecular weight is 393 g/mol. The molecular weight excluding hydrogens is 364 g/mol. The summed E-state index contributed by atoms with van der Waals surface area (Å²) < 4.78 is 35.3. The van der Waals surface area contributed by atoms with E-state index < -0.39 is 10.0 Å². The molecule has 1 saturated heterocycles. The molecule has 1 unspecified atom stereocenters. The lowest BCUT2D eigenvalue weighted by Crippen LogP contribution is -2.38. The van der Waals surface area contributed by atoms with Gasteiger partial charge in [-0.25, -0.2) is 8.42 Å². The standard InChI is InChI=1S/C19H28N4O3S/c1-21(2)14-15-12-18(20-22(15)3)19-10-5-6-11-23(19)27(24,25)17-9-7-8-16(13-17)26-4/h7-9,12-13,19H,5-6,10-11,14H2,1-4H3. The molecule has 2 aromatic rings. The smallest absolute Gasteiger partial charge is 0.243 e. The Balaban J connectivity index is 1.95. The number of sulfonamides is 1. The van der Waals surface area contributed by atoms with Gasteiger partial charge in [-0.05, 0) is 45.1 Å². The van der Waals surface area contributed by atoms with Crippen molar-refractivity contribution >= 4 is 10.0 Å². The zero-order valence-corrected chi connectivity index (χ0v) is 17.2. The van der Waals surface area contributed by atoms with Crippen LogP contribution < -0.4 is 4.74 Å². The van der Waals surface area contributed by atoms with Gasteiger partial charge >= 0.3 is 0 Å². The number of hydrogen-bond acceptors (Lipinski definition) is 5. The third-order valence-corrected chi connectivity index (χ3v) is 6.82. The maximum absolute atomic E-state index is 13.3. The van der Waals surface area contributed by atoms with Crippen LogP contribution in [0.15, 0.2) is 35.2 Å². The van der Waals surface area contributed by atoms with Crippen molar-refractivity contribution in [3.8, 4) is 5.75 Å². The van der Waals surface area contributed by atoms with E-state index >= 15 is 0 Å². The minimum atomic E-state index is -3.62. The van der Waals surface area contributed by atoms with Gasteiger partial charge in [-0.2, -0.15) is 9.40 Å². The molecule has 8 heteroatoms. The number of aryl methyl sites for hydroxylation is 1. The fraction of sp³-hybridized carbons (Fsp3) is 0.526. The van der Waals surface area contributed by atoms with Crippen molar-refractivity contribution in [1.29, 1.82) is 0 Å². The number of hydrogen-bond donors (Lipinski definition) is 0. The van der Waals surface area contributed by atoms with Gasteiger partial charge in [0.1, 0.15) is 5.75 Å². The quantitative estimate of drug-likeness (QED) is 0.755. The maximum Gasteiger partial charge on any atom is 0.243 e. The lowest BCUT2D eigenvalue weighted by atomic mass is 10.0. The largest absolute Gasteiger partial charge is 0.497 e. The molecule has 1 aliphatic rings. The predicted octanol–water partition coefficient (Wildman–Crippen LogP) is 2.41. The van der Waals surface area contributed by atoms with E-state index in [4.69, 9.17) is 4.74 Å². The van der Waals surface area contributed by atoms with E-state index in [0.717, 1.165) is 37.2 Å². The van der Waals surface area contributed by atoms with Crippen LogP contribution in [0, 0.1) is 0 Å². The van der Waals surface area contributed by atoms with Crippen LogP contribution in [0.5, 0.6) is 5.75 Å². The molecule has 0 spiro atoms. The fourth-order valence-corrected chi connectivity index (χ4v) is 5.25. The van der Waals surface area contributed by atoms with E-state index in [1.165, 1.54) is 7.11 Å². The molecule has 1 aliphatic heterocycles. The lowest BCUT2D eigenvalue weighted by molar-refractivity contribution is 0.250. The molecule has 2 heterocycles. The molecule has 0 aliphatic carbocycles.